The average molecular weight is 323 g/mol. The maximum atomic E-state index is 12.2. The van der Waals surface area contributed by atoms with E-state index in [1.165, 1.54) is 6.20 Å². The van der Waals surface area contributed by atoms with Gasteiger partial charge < -0.3 is 15.0 Å². The van der Waals surface area contributed by atoms with Crippen molar-refractivity contribution in [2.45, 2.75) is 6.92 Å². The second-order valence-corrected chi connectivity index (χ2v) is 5.60. The Hall–Kier alpha value is -3.15. The number of ether oxygens (including phenoxy) is 1. The Morgan fingerprint density at radius 2 is 2.25 bits per heavy atom. The van der Waals surface area contributed by atoms with E-state index in [0.717, 1.165) is 5.57 Å². The first kappa shape index (κ1) is 15.7. The number of nitrogens with one attached hydrogen (secondary N) is 1. The molecular formula is C18H17N3O3. The Balaban J connectivity index is 1.87. The number of rotatable bonds is 4. The van der Waals surface area contributed by atoms with E-state index in [0.29, 0.717) is 29.2 Å². The Labute approximate surface area is 139 Å². The topological polar surface area (TPSA) is 71.5 Å². The molecule has 2 amide bonds. The molecule has 24 heavy (non-hydrogen) atoms. The lowest BCUT2D eigenvalue weighted by atomic mass is 10.1. The highest BCUT2D eigenvalue weighted by molar-refractivity contribution is 6.05. The summed E-state index contributed by atoms with van der Waals surface area (Å²) < 4.78 is 5.45. The summed E-state index contributed by atoms with van der Waals surface area (Å²) in [5.41, 5.74) is 2.52. The minimum atomic E-state index is -0.266. The molecule has 0 fully saturated rings. The lowest BCUT2D eigenvalue weighted by molar-refractivity contribution is -0.121. The number of anilines is 2. The van der Waals surface area contributed by atoms with Crippen LogP contribution in [0.2, 0.25) is 0 Å². The lowest BCUT2D eigenvalue weighted by Crippen LogP contribution is -2.39. The zero-order valence-corrected chi connectivity index (χ0v) is 13.3. The van der Waals surface area contributed by atoms with Crippen LogP contribution in [0.3, 0.4) is 0 Å². The monoisotopic (exact) mass is 323 g/mol. The van der Waals surface area contributed by atoms with E-state index in [1.54, 1.807) is 41.4 Å². The molecule has 1 aromatic carbocycles. The van der Waals surface area contributed by atoms with E-state index < -0.39 is 0 Å². The maximum Gasteiger partial charge on any atom is 0.265 e. The van der Waals surface area contributed by atoms with E-state index in [1.807, 2.05) is 6.92 Å². The predicted molar refractivity (Wildman–Crippen MR) is 91.3 cm³/mol. The van der Waals surface area contributed by atoms with Gasteiger partial charge in [0, 0.05) is 24.6 Å². The van der Waals surface area contributed by atoms with Crippen LogP contribution in [0.1, 0.15) is 17.3 Å². The molecule has 0 saturated heterocycles. The van der Waals surface area contributed by atoms with Gasteiger partial charge in [-0.2, -0.15) is 0 Å². The molecule has 0 radical (unpaired) electrons. The molecule has 1 aliphatic rings. The number of carbonyl (C=O) groups is 2. The largest absolute Gasteiger partial charge is 0.482 e. The zero-order chi connectivity index (χ0) is 17.1. The summed E-state index contributed by atoms with van der Waals surface area (Å²) in [6.45, 7) is 6.13. The van der Waals surface area contributed by atoms with Gasteiger partial charge in [0.2, 0.25) is 0 Å². The number of hydrogen-bond acceptors (Lipinski definition) is 4. The van der Waals surface area contributed by atoms with Gasteiger partial charge in [0.15, 0.2) is 6.61 Å². The van der Waals surface area contributed by atoms with Crippen molar-refractivity contribution < 1.29 is 14.3 Å². The summed E-state index contributed by atoms with van der Waals surface area (Å²) in [5, 5.41) is 2.80. The molecule has 122 valence electrons. The molecule has 0 aliphatic carbocycles. The van der Waals surface area contributed by atoms with Gasteiger partial charge in [-0.25, -0.2) is 0 Å². The summed E-state index contributed by atoms with van der Waals surface area (Å²) in [6.07, 6.45) is 3.10. The molecule has 1 N–H and O–H groups in total. The van der Waals surface area contributed by atoms with Crippen molar-refractivity contribution in [1.29, 1.82) is 0 Å². The second kappa shape index (κ2) is 6.54. The Morgan fingerprint density at radius 1 is 1.42 bits per heavy atom. The average Bonchev–Trinajstić information content (AvgIpc) is 2.58. The summed E-state index contributed by atoms with van der Waals surface area (Å²) in [6, 6.07) is 8.58. The predicted octanol–water partition coefficient (Wildman–Crippen LogP) is 2.64. The molecule has 0 atom stereocenters. The van der Waals surface area contributed by atoms with Gasteiger partial charge in [-0.05, 0) is 37.3 Å². The quantitative estimate of drug-likeness (QED) is 0.878. The van der Waals surface area contributed by atoms with E-state index in [9.17, 15) is 9.59 Å². The summed E-state index contributed by atoms with van der Waals surface area (Å²) >= 11 is 0. The molecule has 1 aliphatic heterocycles. The van der Waals surface area contributed by atoms with Gasteiger partial charge in [-0.3, -0.25) is 14.6 Å². The van der Waals surface area contributed by atoms with Crippen molar-refractivity contribution in [3.8, 4) is 5.75 Å². The zero-order valence-electron chi connectivity index (χ0n) is 13.3. The lowest BCUT2D eigenvalue weighted by Gasteiger charge is -2.30. The second-order valence-electron chi connectivity index (χ2n) is 5.60. The highest BCUT2D eigenvalue weighted by Crippen LogP contribution is 2.35. The van der Waals surface area contributed by atoms with Crippen molar-refractivity contribution in [2.75, 3.05) is 23.4 Å². The van der Waals surface area contributed by atoms with Gasteiger partial charge in [0.25, 0.3) is 11.8 Å². The minimum absolute atomic E-state index is 0.00166. The van der Waals surface area contributed by atoms with Crippen LogP contribution in [-0.2, 0) is 4.79 Å². The molecule has 1 aromatic heterocycles. The normalized spacial score (nSPS) is 13.0. The standard InChI is InChI=1S/C18H17N3O3/c1-12(2)10-21-15-8-14(5-6-16(15)24-11-17(21)22)20-18(23)13-4-3-7-19-9-13/h3-9H,1,10-11H2,2H3,(H,20,23). The fourth-order valence-electron chi connectivity index (χ4n) is 2.42. The molecular weight excluding hydrogens is 306 g/mol. The third-order valence-electron chi connectivity index (χ3n) is 3.51. The van der Waals surface area contributed by atoms with Crippen molar-refractivity contribution in [3.63, 3.8) is 0 Å². The number of benzene rings is 1. The molecule has 3 rings (SSSR count). The van der Waals surface area contributed by atoms with Crippen LogP contribution in [0.25, 0.3) is 0 Å². The van der Waals surface area contributed by atoms with Crippen LogP contribution in [0.4, 0.5) is 11.4 Å². The first-order valence-electron chi connectivity index (χ1n) is 7.47. The van der Waals surface area contributed by atoms with Crippen molar-refractivity contribution in [3.05, 3.63) is 60.4 Å². The molecule has 6 nitrogen and oxygen atoms in total. The number of fused-ring (bicyclic) bond motifs is 1. The Bertz CT molecular complexity index is 802. The number of aromatic nitrogens is 1. The molecule has 0 saturated carbocycles. The van der Waals surface area contributed by atoms with E-state index in [-0.39, 0.29) is 18.4 Å². The van der Waals surface area contributed by atoms with Crippen LogP contribution >= 0.6 is 0 Å². The first-order chi connectivity index (χ1) is 11.5. The molecule has 0 spiro atoms. The van der Waals surface area contributed by atoms with Gasteiger partial charge >= 0.3 is 0 Å². The fourth-order valence-corrected chi connectivity index (χ4v) is 2.42. The van der Waals surface area contributed by atoms with Crippen molar-refractivity contribution >= 4 is 23.2 Å². The van der Waals surface area contributed by atoms with Crippen LogP contribution in [0.15, 0.2) is 54.9 Å². The van der Waals surface area contributed by atoms with Gasteiger partial charge in [0.05, 0.1) is 11.3 Å². The third kappa shape index (κ3) is 3.27. The smallest absolute Gasteiger partial charge is 0.265 e. The highest BCUT2D eigenvalue weighted by Gasteiger charge is 2.25. The maximum absolute atomic E-state index is 12.2. The number of hydrogen-bond donors (Lipinski definition) is 1. The Morgan fingerprint density at radius 3 is 2.96 bits per heavy atom. The number of amides is 2. The van der Waals surface area contributed by atoms with Crippen LogP contribution in [0.5, 0.6) is 5.75 Å². The van der Waals surface area contributed by atoms with Gasteiger partial charge in [0.1, 0.15) is 5.75 Å². The summed E-state index contributed by atoms with van der Waals surface area (Å²) in [4.78, 5) is 29.9. The summed E-state index contributed by atoms with van der Waals surface area (Å²) in [5.74, 6) is 0.203. The number of carbonyl (C=O) groups excluding carboxylic acids is 2. The van der Waals surface area contributed by atoms with Gasteiger partial charge in [-0.1, -0.05) is 12.2 Å². The Kier molecular flexibility index (Phi) is 4.29. The first-order valence-corrected chi connectivity index (χ1v) is 7.47. The third-order valence-corrected chi connectivity index (χ3v) is 3.51. The van der Waals surface area contributed by atoms with E-state index in [2.05, 4.69) is 16.9 Å². The van der Waals surface area contributed by atoms with E-state index >= 15 is 0 Å². The van der Waals surface area contributed by atoms with Crippen LogP contribution < -0.4 is 15.0 Å². The highest BCUT2D eigenvalue weighted by atomic mass is 16.5. The molecule has 2 heterocycles. The number of pyridine rings is 1. The molecule has 6 heteroatoms. The molecule has 0 unspecified atom stereocenters. The minimum Gasteiger partial charge on any atom is -0.482 e. The van der Waals surface area contributed by atoms with E-state index in [4.69, 9.17) is 4.74 Å². The fraction of sp³-hybridized carbons (Fsp3) is 0.167. The SMILES string of the molecule is C=C(C)CN1C(=O)COc2ccc(NC(=O)c3cccnc3)cc21. The van der Waals surface area contributed by atoms with Crippen LogP contribution in [-0.4, -0.2) is 29.9 Å². The summed E-state index contributed by atoms with van der Waals surface area (Å²) in [7, 11) is 0. The van der Waals surface area contributed by atoms with Crippen molar-refractivity contribution in [1.82, 2.24) is 4.98 Å². The molecule has 2 aromatic rings. The molecule has 0 bridgehead atoms. The van der Waals surface area contributed by atoms with Crippen LogP contribution in [0, 0.1) is 0 Å². The van der Waals surface area contributed by atoms with Gasteiger partial charge in [-0.15, -0.1) is 0 Å². The van der Waals surface area contributed by atoms with Crippen molar-refractivity contribution in [2.24, 2.45) is 0 Å². The number of nitrogens with zero attached hydrogens (tertiary/aromatic N) is 2.